The Labute approximate surface area is 141 Å². The fraction of sp³-hybridized carbons (Fsp3) is 0.167. The highest BCUT2D eigenvalue weighted by molar-refractivity contribution is 5.95. The molecule has 0 saturated carbocycles. The molecule has 1 aromatic heterocycles. The molecule has 0 fully saturated rings. The van der Waals surface area contributed by atoms with Crippen LogP contribution in [0.25, 0.3) is 22.2 Å². The first-order valence-electron chi connectivity index (χ1n) is 7.46. The third kappa shape index (κ3) is 3.38. The summed E-state index contributed by atoms with van der Waals surface area (Å²) in [5.41, 5.74) is 3.65. The molecule has 0 bridgehead atoms. The fourth-order valence-corrected chi connectivity index (χ4v) is 2.64. The van der Waals surface area contributed by atoms with E-state index in [0.29, 0.717) is 34.1 Å². The molecule has 0 aliphatic rings. The van der Waals surface area contributed by atoms with Crippen LogP contribution in [0.1, 0.15) is 18.1 Å². The number of fused-ring (bicyclic) bond motifs is 1. The maximum Gasteiger partial charge on any atom is 0.573 e. The minimum Gasteiger partial charge on any atom is -0.406 e. The van der Waals surface area contributed by atoms with Gasteiger partial charge in [0, 0.05) is 18.0 Å². The number of alkyl halides is 3. The molecule has 0 spiro atoms. The van der Waals surface area contributed by atoms with Crippen molar-refractivity contribution >= 4 is 11.0 Å². The van der Waals surface area contributed by atoms with Crippen LogP contribution < -0.4 is 4.74 Å². The molecule has 4 nitrogen and oxygen atoms in total. The van der Waals surface area contributed by atoms with E-state index in [-0.39, 0.29) is 5.75 Å². The van der Waals surface area contributed by atoms with E-state index in [0.717, 1.165) is 5.56 Å². The van der Waals surface area contributed by atoms with E-state index in [2.05, 4.69) is 20.8 Å². The third-order valence-electron chi connectivity index (χ3n) is 3.72. The third-order valence-corrected chi connectivity index (χ3v) is 3.72. The number of aryl methyl sites for hydroxylation is 1. The lowest BCUT2D eigenvalue weighted by Crippen LogP contribution is -2.16. The highest BCUT2D eigenvalue weighted by Crippen LogP contribution is 2.32. The summed E-state index contributed by atoms with van der Waals surface area (Å²) in [5.74, 6) is -0.295. The van der Waals surface area contributed by atoms with Gasteiger partial charge in [-0.2, -0.15) is 5.26 Å². The van der Waals surface area contributed by atoms with Crippen molar-refractivity contribution in [2.45, 2.75) is 19.7 Å². The molecular formula is C18H12F3N3O. The van der Waals surface area contributed by atoms with Gasteiger partial charge in [0.25, 0.3) is 0 Å². The molecule has 3 aromatic rings. The Morgan fingerprint density at radius 3 is 2.28 bits per heavy atom. The molecule has 0 aliphatic heterocycles. The zero-order valence-corrected chi connectivity index (χ0v) is 13.1. The topological polar surface area (TPSA) is 58.8 Å². The van der Waals surface area contributed by atoms with Crippen molar-refractivity contribution in [1.29, 1.82) is 5.26 Å². The standard InChI is InChI=1S/C18H12F3N3O/c1-2-11-9-14(16-17(15(11)10-22)24-8-7-23-16)12-3-5-13(6-4-12)25-18(19,20)21/h3-9H,2H2,1H3. The van der Waals surface area contributed by atoms with Crippen molar-refractivity contribution in [2.24, 2.45) is 0 Å². The van der Waals surface area contributed by atoms with Crippen LogP contribution in [0.4, 0.5) is 13.2 Å². The van der Waals surface area contributed by atoms with Gasteiger partial charge in [-0.15, -0.1) is 13.2 Å². The average Bonchev–Trinajstić information content (AvgIpc) is 2.59. The Balaban J connectivity index is 2.14. The molecule has 0 unspecified atom stereocenters. The van der Waals surface area contributed by atoms with Gasteiger partial charge in [0.15, 0.2) is 0 Å². The molecule has 126 valence electrons. The van der Waals surface area contributed by atoms with Crippen molar-refractivity contribution in [3.05, 3.63) is 53.9 Å². The smallest absolute Gasteiger partial charge is 0.406 e. The number of rotatable bonds is 3. The summed E-state index contributed by atoms with van der Waals surface area (Å²) in [6.07, 6.45) is -1.09. The highest BCUT2D eigenvalue weighted by atomic mass is 19.4. The molecule has 0 radical (unpaired) electrons. The van der Waals surface area contributed by atoms with Gasteiger partial charge in [-0.1, -0.05) is 19.1 Å². The predicted octanol–water partition coefficient (Wildman–Crippen LogP) is 4.63. The van der Waals surface area contributed by atoms with Crippen molar-refractivity contribution < 1.29 is 17.9 Å². The second kappa shape index (κ2) is 6.40. The molecule has 25 heavy (non-hydrogen) atoms. The Morgan fingerprint density at radius 1 is 1.08 bits per heavy atom. The number of benzene rings is 2. The Hall–Kier alpha value is -3.14. The van der Waals surface area contributed by atoms with Crippen LogP contribution in [0.3, 0.4) is 0 Å². The lowest BCUT2D eigenvalue weighted by molar-refractivity contribution is -0.274. The summed E-state index contributed by atoms with van der Waals surface area (Å²) in [6.45, 7) is 1.92. The lowest BCUT2D eigenvalue weighted by atomic mass is 9.95. The van der Waals surface area contributed by atoms with Crippen LogP contribution in [0, 0.1) is 11.3 Å². The number of aromatic nitrogens is 2. The molecule has 0 aliphatic carbocycles. The van der Waals surface area contributed by atoms with Gasteiger partial charge in [-0.05, 0) is 35.7 Å². The summed E-state index contributed by atoms with van der Waals surface area (Å²) < 4.78 is 40.7. The molecular weight excluding hydrogens is 331 g/mol. The van der Waals surface area contributed by atoms with Crippen LogP contribution in [0.5, 0.6) is 5.75 Å². The molecule has 2 aromatic carbocycles. The fourth-order valence-electron chi connectivity index (χ4n) is 2.64. The van der Waals surface area contributed by atoms with Gasteiger partial charge in [-0.3, -0.25) is 9.97 Å². The van der Waals surface area contributed by atoms with E-state index in [1.807, 2.05) is 13.0 Å². The van der Waals surface area contributed by atoms with Gasteiger partial charge < -0.3 is 4.74 Å². The minimum absolute atomic E-state index is 0.295. The van der Waals surface area contributed by atoms with E-state index in [1.54, 1.807) is 0 Å². The first-order valence-corrected chi connectivity index (χ1v) is 7.46. The number of hydrogen-bond donors (Lipinski definition) is 0. The average molecular weight is 343 g/mol. The Kier molecular flexibility index (Phi) is 4.28. The zero-order chi connectivity index (χ0) is 18.0. The maximum absolute atomic E-state index is 12.3. The molecule has 0 saturated heterocycles. The van der Waals surface area contributed by atoms with Gasteiger partial charge >= 0.3 is 6.36 Å². The number of nitriles is 1. The summed E-state index contributed by atoms with van der Waals surface area (Å²) in [6, 6.07) is 9.52. The van der Waals surface area contributed by atoms with Crippen LogP contribution in [-0.2, 0) is 6.42 Å². The van der Waals surface area contributed by atoms with E-state index >= 15 is 0 Å². The quantitative estimate of drug-likeness (QED) is 0.696. The Morgan fingerprint density at radius 2 is 1.72 bits per heavy atom. The molecule has 3 rings (SSSR count). The number of ether oxygens (including phenoxy) is 1. The van der Waals surface area contributed by atoms with Crippen molar-refractivity contribution in [3.8, 4) is 22.9 Å². The van der Waals surface area contributed by atoms with Gasteiger partial charge in [-0.25, -0.2) is 0 Å². The normalized spacial score (nSPS) is 11.3. The molecule has 0 atom stereocenters. The number of halogens is 3. The van der Waals surface area contributed by atoms with Crippen molar-refractivity contribution in [3.63, 3.8) is 0 Å². The summed E-state index contributed by atoms with van der Waals surface area (Å²) in [5, 5.41) is 9.41. The largest absolute Gasteiger partial charge is 0.573 e. The van der Waals surface area contributed by atoms with Gasteiger partial charge in [0.2, 0.25) is 0 Å². The summed E-state index contributed by atoms with van der Waals surface area (Å²) >= 11 is 0. The van der Waals surface area contributed by atoms with E-state index in [1.165, 1.54) is 36.7 Å². The Bertz CT molecular complexity index is 960. The van der Waals surface area contributed by atoms with E-state index < -0.39 is 6.36 Å². The second-order valence-electron chi connectivity index (χ2n) is 5.25. The van der Waals surface area contributed by atoms with Crippen LogP contribution in [-0.4, -0.2) is 16.3 Å². The number of nitrogens with zero attached hydrogens (tertiary/aromatic N) is 3. The van der Waals surface area contributed by atoms with Crippen LogP contribution >= 0.6 is 0 Å². The molecule has 0 N–H and O–H groups in total. The predicted molar refractivity (Wildman–Crippen MR) is 85.8 cm³/mol. The second-order valence-corrected chi connectivity index (χ2v) is 5.25. The maximum atomic E-state index is 12.3. The monoisotopic (exact) mass is 343 g/mol. The minimum atomic E-state index is -4.73. The molecule has 1 heterocycles. The highest BCUT2D eigenvalue weighted by Gasteiger charge is 2.31. The lowest BCUT2D eigenvalue weighted by Gasteiger charge is -2.12. The SMILES string of the molecule is CCc1cc(-c2ccc(OC(F)(F)F)cc2)c2nccnc2c1C#N. The van der Waals surface area contributed by atoms with Gasteiger partial charge in [0.1, 0.15) is 17.3 Å². The summed E-state index contributed by atoms with van der Waals surface area (Å²) in [4.78, 5) is 8.55. The van der Waals surface area contributed by atoms with Crippen LogP contribution in [0.2, 0.25) is 0 Å². The van der Waals surface area contributed by atoms with Crippen molar-refractivity contribution in [2.75, 3.05) is 0 Å². The molecule has 0 amide bonds. The van der Waals surface area contributed by atoms with Crippen molar-refractivity contribution in [1.82, 2.24) is 9.97 Å². The van der Waals surface area contributed by atoms with E-state index in [4.69, 9.17) is 0 Å². The zero-order valence-electron chi connectivity index (χ0n) is 13.1. The van der Waals surface area contributed by atoms with E-state index in [9.17, 15) is 18.4 Å². The first kappa shape index (κ1) is 16.7. The summed E-state index contributed by atoms with van der Waals surface area (Å²) in [7, 11) is 0. The molecule has 7 heteroatoms. The first-order chi connectivity index (χ1) is 11.9. The van der Waals surface area contributed by atoms with Gasteiger partial charge in [0.05, 0.1) is 11.1 Å². The van der Waals surface area contributed by atoms with Crippen LogP contribution in [0.15, 0.2) is 42.7 Å². The number of hydrogen-bond acceptors (Lipinski definition) is 4.